The average molecular weight is 305 g/mol. The van der Waals surface area contributed by atoms with Gasteiger partial charge in [0.2, 0.25) is 0 Å². The second-order valence-electron chi connectivity index (χ2n) is 4.62. The molecular formula is C16H17ClN2O2. The van der Waals surface area contributed by atoms with Gasteiger partial charge in [0.25, 0.3) is 5.91 Å². The highest BCUT2D eigenvalue weighted by Crippen LogP contribution is 2.20. The molecule has 0 fully saturated rings. The van der Waals surface area contributed by atoms with Crippen molar-refractivity contribution in [1.82, 2.24) is 4.90 Å². The maximum absolute atomic E-state index is 12.2. The first kappa shape index (κ1) is 15.2. The van der Waals surface area contributed by atoms with Crippen LogP contribution in [0.1, 0.15) is 10.4 Å². The van der Waals surface area contributed by atoms with E-state index in [9.17, 15) is 4.79 Å². The van der Waals surface area contributed by atoms with Crippen molar-refractivity contribution < 1.29 is 9.53 Å². The lowest BCUT2D eigenvalue weighted by Crippen LogP contribution is -2.30. The second kappa shape index (κ2) is 6.99. The number of anilines is 1. The third-order valence-electron chi connectivity index (χ3n) is 3.03. The van der Waals surface area contributed by atoms with Crippen LogP contribution in [0.2, 0.25) is 5.02 Å². The van der Waals surface area contributed by atoms with Crippen LogP contribution in [-0.4, -0.2) is 31.0 Å². The molecule has 5 heteroatoms. The Labute approximate surface area is 129 Å². The monoisotopic (exact) mass is 304 g/mol. The summed E-state index contributed by atoms with van der Waals surface area (Å²) in [4.78, 5) is 13.8. The third kappa shape index (κ3) is 4.13. The van der Waals surface area contributed by atoms with E-state index in [4.69, 9.17) is 22.1 Å². The first-order valence-electron chi connectivity index (χ1n) is 6.56. The molecule has 0 aliphatic rings. The zero-order chi connectivity index (χ0) is 15.2. The number of hydrogen-bond donors (Lipinski definition) is 1. The van der Waals surface area contributed by atoms with E-state index in [2.05, 4.69) is 0 Å². The van der Waals surface area contributed by atoms with Gasteiger partial charge in [-0.1, -0.05) is 29.8 Å². The number of hydrogen-bond acceptors (Lipinski definition) is 3. The number of rotatable bonds is 5. The highest BCUT2D eigenvalue weighted by Gasteiger charge is 2.12. The van der Waals surface area contributed by atoms with E-state index in [-0.39, 0.29) is 5.91 Å². The van der Waals surface area contributed by atoms with Crippen LogP contribution in [0.5, 0.6) is 5.75 Å². The van der Waals surface area contributed by atoms with Crippen LogP contribution in [0.25, 0.3) is 0 Å². The van der Waals surface area contributed by atoms with Crippen LogP contribution in [-0.2, 0) is 0 Å². The molecule has 0 saturated carbocycles. The van der Waals surface area contributed by atoms with Crippen molar-refractivity contribution in [3.63, 3.8) is 0 Å². The number of halogens is 1. The molecule has 2 aromatic carbocycles. The first-order valence-corrected chi connectivity index (χ1v) is 6.94. The third-order valence-corrected chi connectivity index (χ3v) is 3.36. The van der Waals surface area contributed by atoms with E-state index in [0.29, 0.717) is 29.4 Å². The number of benzene rings is 2. The molecule has 110 valence electrons. The van der Waals surface area contributed by atoms with Gasteiger partial charge in [-0.15, -0.1) is 0 Å². The fraction of sp³-hybridized carbons (Fsp3) is 0.188. The molecule has 0 saturated heterocycles. The molecule has 0 heterocycles. The molecule has 21 heavy (non-hydrogen) atoms. The molecule has 0 aliphatic carbocycles. The van der Waals surface area contributed by atoms with Crippen LogP contribution in [0.3, 0.4) is 0 Å². The summed E-state index contributed by atoms with van der Waals surface area (Å²) in [6, 6.07) is 14.4. The van der Waals surface area contributed by atoms with E-state index < -0.39 is 0 Å². The Morgan fingerprint density at radius 2 is 1.95 bits per heavy atom. The minimum absolute atomic E-state index is 0.117. The van der Waals surface area contributed by atoms with Gasteiger partial charge in [-0.3, -0.25) is 4.79 Å². The lowest BCUT2D eigenvalue weighted by Gasteiger charge is -2.18. The lowest BCUT2D eigenvalue weighted by molar-refractivity contribution is 0.0774. The Kier molecular flexibility index (Phi) is 5.06. The number of nitrogens with two attached hydrogens (primary N) is 1. The van der Waals surface area contributed by atoms with Crippen molar-refractivity contribution in [2.24, 2.45) is 0 Å². The number of carbonyl (C=O) groups excluding carboxylic acids is 1. The van der Waals surface area contributed by atoms with E-state index in [0.717, 1.165) is 5.75 Å². The van der Waals surface area contributed by atoms with Crippen molar-refractivity contribution in [3.8, 4) is 5.75 Å². The normalized spacial score (nSPS) is 10.2. The molecular weight excluding hydrogens is 288 g/mol. The maximum Gasteiger partial charge on any atom is 0.253 e. The number of carbonyl (C=O) groups is 1. The van der Waals surface area contributed by atoms with Gasteiger partial charge in [0.1, 0.15) is 12.4 Å². The van der Waals surface area contributed by atoms with Gasteiger partial charge < -0.3 is 15.4 Å². The zero-order valence-corrected chi connectivity index (χ0v) is 12.5. The fourth-order valence-corrected chi connectivity index (χ4v) is 1.98. The summed E-state index contributed by atoms with van der Waals surface area (Å²) in [5.74, 6) is 0.669. The minimum atomic E-state index is -0.117. The predicted molar refractivity (Wildman–Crippen MR) is 84.8 cm³/mol. The van der Waals surface area contributed by atoms with Crippen molar-refractivity contribution in [1.29, 1.82) is 0 Å². The number of nitrogen functional groups attached to an aromatic ring is 1. The number of ether oxygens (including phenoxy) is 1. The quantitative estimate of drug-likeness (QED) is 0.864. The highest BCUT2D eigenvalue weighted by molar-refractivity contribution is 6.33. The molecule has 0 aromatic heterocycles. The van der Waals surface area contributed by atoms with Gasteiger partial charge >= 0.3 is 0 Å². The minimum Gasteiger partial charge on any atom is -0.492 e. The summed E-state index contributed by atoms with van der Waals surface area (Å²) in [5, 5.41) is 0.384. The molecule has 0 bridgehead atoms. The van der Waals surface area contributed by atoms with E-state index in [1.54, 1.807) is 30.1 Å². The van der Waals surface area contributed by atoms with E-state index in [1.165, 1.54) is 0 Å². The molecule has 2 aromatic rings. The van der Waals surface area contributed by atoms with Crippen molar-refractivity contribution in [2.75, 3.05) is 25.9 Å². The molecule has 2 N–H and O–H groups in total. The van der Waals surface area contributed by atoms with Gasteiger partial charge in [-0.2, -0.15) is 0 Å². The molecule has 0 aliphatic heterocycles. The van der Waals surface area contributed by atoms with Crippen molar-refractivity contribution >= 4 is 23.2 Å². The predicted octanol–water partition coefficient (Wildman–Crippen LogP) is 3.07. The average Bonchev–Trinajstić information content (AvgIpc) is 2.50. The van der Waals surface area contributed by atoms with Gasteiger partial charge in [-0.05, 0) is 30.3 Å². The Morgan fingerprint density at radius 1 is 1.24 bits per heavy atom. The molecule has 2 rings (SSSR count). The Bertz CT molecular complexity index is 617. The smallest absolute Gasteiger partial charge is 0.253 e. The first-order chi connectivity index (χ1) is 10.1. The maximum atomic E-state index is 12.2. The molecule has 0 radical (unpaired) electrons. The van der Waals surface area contributed by atoms with Gasteiger partial charge in [0.05, 0.1) is 17.3 Å². The van der Waals surface area contributed by atoms with Crippen LogP contribution in [0.15, 0.2) is 48.5 Å². The Balaban J connectivity index is 1.89. The number of nitrogens with zero attached hydrogens (tertiary/aromatic N) is 1. The van der Waals surface area contributed by atoms with Crippen molar-refractivity contribution in [2.45, 2.75) is 0 Å². The zero-order valence-electron chi connectivity index (χ0n) is 11.8. The summed E-state index contributed by atoms with van der Waals surface area (Å²) in [7, 11) is 1.72. The van der Waals surface area contributed by atoms with Gasteiger partial charge in [-0.25, -0.2) is 0 Å². The van der Waals surface area contributed by atoms with Crippen LogP contribution in [0.4, 0.5) is 5.69 Å². The Hall–Kier alpha value is -2.20. The molecule has 1 amide bonds. The van der Waals surface area contributed by atoms with E-state index in [1.807, 2.05) is 30.3 Å². The molecule has 4 nitrogen and oxygen atoms in total. The Morgan fingerprint density at radius 3 is 2.62 bits per heavy atom. The molecule has 0 unspecified atom stereocenters. The number of para-hydroxylation sites is 1. The van der Waals surface area contributed by atoms with Crippen molar-refractivity contribution in [3.05, 3.63) is 59.1 Å². The van der Waals surface area contributed by atoms with Crippen LogP contribution >= 0.6 is 11.6 Å². The fourth-order valence-electron chi connectivity index (χ4n) is 1.80. The van der Waals surface area contributed by atoms with Gasteiger partial charge in [0.15, 0.2) is 0 Å². The lowest BCUT2D eigenvalue weighted by atomic mass is 10.2. The summed E-state index contributed by atoms with van der Waals surface area (Å²) in [6.45, 7) is 0.907. The molecule has 0 atom stereocenters. The highest BCUT2D eigenvalue weighted by atomic mass is 35.5. The number of amides is 1. The topological polar surface area (TPSA) is 55.6 Å². The summed E-state index contributed by atoms with van der Waals surface area (Å²) in [5.41, 5.74) is 6.60. The van der Waals surface area contributed by atoms with Gasteiger partial charge in [0, 0.05) is 12.6 Å². The summed E-state index contributed by atoms with van der Waals surface area (Å²) < 4.78 is 5.57. The summed E-state index contributed by atoms with van der Waals surface area (Å²) >= 11 is 5.93. The van der Waals surface area contributed by atoms with E-state index >= 15 is 0 Å². The summed E-state index contributed by atoms with van der Waals surface area (Å²) in [6.07, 6.45) is 0. The largest absolute Gasteiger partial charge is 0.492 e. The van der Waals surface area contributed by atoms with Crippen LogP contribution < -0.4 is 10.5 Å². The standard InChI is InChI=1S/C16H17ClN2O2/c1-19(9-10-21-13-5-3-2-4-6-13)16(20)12-7-8-15(18)14(17)11-12/h2-8,11H,9-10,18H2,1H3. The second-order valence-corrected chi connectivity index (χ2v) is 5.03. The SMILES string of the molecule is CN(CCOc1ccccc1)C(=O)c1ccc(N)c(Cl)c1. The molecule has 0 spiro atoms. The number of likely N-dealkylation sites (N-methyl/N-ethyl adjacent to an activating group) is 1. The van der Waals surface area contributed by atoms with Crippen LogP contribution in [0, 0.1) is 0 Å².